The second-order valence-electron chi connectivity index (χ2n) is 7.34. The second kappa shape index (κ2) is 9.30. The Balaban J connectivity index is 1.81. The Morgan fingerprint density at radius 1 is 0.875 bits per heavy atom. The molecule has 3 nitrogen and oxygen atoms in total. The number of halogens is 5. The summed E-state index contributed by atoms with van der Waals surface area (Å²) in [7, 11) is 0. The predicted molar refractivity (Wildman–Crippen MR) is 109 cm³/mol. The lowest BCUT2D eigenvalue weighted by molar-refractivity contribution is -0.137. The molecule has 0 aromatic heterocycles. The average Bonchev–Trinajstić information content (AvgIpc) is 2.67. The number of hydrogen-bond donors (Lipinski definition) is 1. The minimum atomic E-state index is -4.82. The molecule has 3 rings (SSSR count). The van der Waals surface area contributed by atoms with Crippen LogP contribution < -0.4 is 5.32 Å². The topological polar surface area (TPSA) is 46.2 Å². The average molecular weight is 447 g/mol. The van der Waals surface area contributed by atoms with Crippen LogP contribution in [0.2, 0.25) is 0 Å². The van der Waals surface area contributed by atoms with Gasteiger partial charge in [0.1, 0.15) is 17.4 Å². The molecular formula is C24H18F5NO2. The van der Waals surface area contributed by atoms with Gasteiger partial charge in [-0.3, -0.25) is 9.59 Å². The molecule has 0 aliphatic rings. The molecule has 0 bridgehead atoms. The highest BCUT2D eigenvalue weighted by atomic mass is 19.4. The summed E-state index contributed by atoms with van der Waals surface area (Å²) < 4.78 is 68.0. The van der Waals surface area contributed by atoms with Crippen LogP contribution in [0.3, 0.4) is 0 Å². The minimum Gasteiger partial charge on any atom is -0.321 e. The Labute approximate surface area is 180 Å². The van der Waals surface area contributed by atoms with Crippen molar-refractivity contribution in [2.45, 2.75) is 25.9 Å². The number of nitrogens with one attached hydrogen (secondary N) is 1. The zero-order valence-corrected chi connectivity index (χ0v) is 16.9. The molecule has 0 aliphatic carbocycles. The Bertz CT molecular complexity index is 1150. The van der Waals surface area contributed by atoms with Crippen LogP contribution in [0.4, 0.5) is 27.6 Å². The quantitative estimate of drug-likeness (QED) is 0.479. The van der Waals surface area contributed by atoms with Crippen LogP contribution >= 0.6 is 0 Å². The maximum atomic E-state index is 13.8. The Morgan fingerprint density at radius 2 is 1.56 bits per heavy atom. The normalized spacial score (nSPS) is 11.3. The minimum absolute atomic E-state index is 0.0827. The van der Waals surface area contributed by atoms with E-state index in [9.17, 15) is 31.5 Å². The van der Waals surface area contributed by atoms with Crippen molar-refractivity contribution in [3.05, 3.63) is 100 Å². The molecule has 1 amide bonds. The fourth-order valence-corrected chi connectivity index (χ4v) is 3.31. The first-order valence-electron chi connectivity index (χ1n) is 9.56. The number of carbonyl (C=O) groups excluding carboxylic acids is 2. The van der Waals surface area contributed by atoms with E-state index in [1.54, 1.807) is 13.0 Å². The van der Waals surface area contributed by atoms with Crippen molar-refractivity contribution in [2.75, 3.05) is 5.32 Å². The van der Waals surface area contributed by atoms with Crippen LogP contribution in [0.15, 0.2) is 60.7 Å². The van der Waals surface area contributed by atoms with Gasteiger partial charge in [0, 0.05) is 12.8 Å². The number of hydrogen-bond acceptors (Lipinski definition) is 2. The van der Waals surface area contributed by atoms with Crippen molar-refractivity contribution in [2.24, 2.45) is 0 Å². The predicted octanol–water partition coefficient (Wildman–Crippen LogP) is 5.90. The van der Waals surface area contributed by atoms with E-state index in [-0.39, 0.29) is 18.4 Å². The standard InChI is InChI=1S/C24H18F5NO2/c1-14-8-16(10-17(25)9-14)12-18(31)11-15-6-7-22(20(13-15)24(27,28)29)30-23(32)19-4-2-3-5-21(19)26/h2-10,13H,11-12H2,1H3,(H,30,32). The Kier molecular flexibility index (Phi) is 6.72. The van der Waals surface area contributed by atoms with Crippen LogP contribution in [0.25, 0.3) is 0 Å². The fraction of sp³-hybridized carbons (Fsp3) is 0.167. The molecule has 3 aromatic rings. The number of alkyl halides is 3. The first-order chi connectivity index (χ1) is 15.0. The molecule has 0 unspecified atom stereocenters. The van der Waals surface area contributed by atoms with Crippen molar-refractivity contribution in [1.82, 2.24) is 0 Å². The van der Waals surface area contributed by atoms with Crippen LogP contribution in [-0.4, -0.2) is 11.7 Å². The van der Waals surface area contributed by atoms with Gasteiger partial charge < -0.3 is 5.32 Å². The highest BCUT2D eigenvalue weighted by Crippen LogP contribution is 2.36. The van der Waals surface area contributed by atoms with E-state index >= 15 is 0 Å². The molecule has 0 spiro atoms. The number of rotatable bonds is 6. The molecule has 0 radical (unpaired) electrons. The van der Waals surface area contributed by atoms with E-state index in [1.807, 2.05) is 0 Å². The molecule has 1 N–H and O–H groups in total. The summed E-state index contributed by atoms with van der Waals surface area (Å²) in [5.41, 5.74) is -0.971. The maximum absolute atomic E-state index is 13.8. The van der Waals surface area contributed by atoms with Crippen LogP contribution in [0, 0.1) is 18.6 Å². The molecule has 166 valence electrons. The fourth-order valence-electron chi connectivity index (χ4n) is 3.31. The molecule has 0 saturated carbocycles. The van der Waals surface area contributed by atoms with E-state index < -0.39 is 46.3 Å². The largest absolute Gasteiger partial charge is 0.418 e. The molecular weight excluding hydrogens is 429 g/mol. The van der Waals surface area contributed by atoms with Crippen molar-refractivity contribution in [3.8, 4) is 0 Å². The Hall–Kier alpha value is -3.55. The van der Waals surface area contributed by atoms with Crippen LogP contribution in [0.5, 0.6) is 0 Å². The van der Waals surface area contributed by atoms with Gasteiger partial charge in [-0.25, -0.2) is 8.78 Å². The molecule has 3 aromatic carbocycles. The third kappa shape index (κ3) is 5.78. The van der Waals surface area contributed by atoms with E-state index in [1.165, 1.54) is 30.3 Å². The van der Waals surface area contributed by atoms with Gasteiger partial charge in [0.15, 0.2) is 0 Å². The molecule has 32 heavy (non-hydrogen) atoms. The number of amides is 1. The zero-order valence-electron chi connectivity index (χ0n) is 16.9. The smallest absolute Gasteiger partial charge is 0.321 e. The lowest BCUT2D eigenvalue weighted by Gasteiger charge is -2.15. The van der Waals surface area contributed by atoms with Gasteiger partial charge in [-0.2, -0.15) is 13.2 Å². The van der Waals surface area contributed by atoms with Gasteiger partial charge in [-0.1, -0.05) is 24.3 Å². The van der Waals surface area contributed by atoms with Crippen molar-refractivity contribution in [1.29, 1.82) is 0 Å². The number of ketones is 1. The van der Waals surface area contributed by atoms with Crippen LogP contribution in [-0.2, 0) is 23.8 Å². The number of benzene rings is 3. The van der Waals surface area contributed by atoms with Gasteiger partial charge in [0.25, 0.3) is 5.91 Å². The van der Waals surface area contributed by atoms with E-state index in [0.29, 0.717) is 11.1 Å². The van der Waals surface area contributed by atoms with Crippen molar-refractivity contribution < 1.29 is 31.5 Å². The summed E-state index contributed by atoms with van der Waals surface area (Å²) in [6.07, 6.45) is -5.26. The maximum Gasteiger partial charge on any atom is 0.418 e. The first-order valence-corrected chi connectivity index (χ1v) is 9.56. The molecule has 8 heteroatoms. The molecule has 0 heterocycles. The lowest BCUT2D eigenvalue weighted by atomic mass is 9.99. The highest BCUT2D eigenvalue weighted by Gasteiger charge is 2.34. The van der Waals surface area contributed by atoms with Gasteiger partial charge in [-0.15, -0.1) is 0 Å². The summed E-state index contributed by atoms with van der Waals surface area (Å²) in [5.74, 6) is -2.79. The molecule has 0 saturated heterocycles. The number of aryl methyl sites for hydroxylation is 1. The van der Waals surface area contributed by atoms with Gasteiger partial charge in [0.2, 0.25) is 0 Å². The second-order valence-corrected chi connectivity index (χ2v) is 7.34. The highest BCUT2D eigenvalue weighted by molar-refractivity contribution is 6.05. The summed E-state index contributed by atoms with van der Waals surface area (Å²) in [6, 6.07) is 12.1. The summed E-state index contributed by atoms with van der Waals surface area (Å²) in [6.45, 7) is 1.67. The SMILES string of the molecule is Cc1cc(F)cc(CC(=O)Cc2ccc(NC(=O)c3ccccc3F)c(C(F)(F)F)c2)c1. The van der Waals surface area contributed by atoms with Crippen molar-refractivity contribution >= 4 is 17.4 Å². The van der Waals surface area contributed by atoms with Gasteiger partial charge >= 0.3 is 6.18 Å². The first kappa shape index (κ1) is 23.1. The summed E-state index contributed by atoms with van der Waals surface area (Å²) >= 11 is 0. The van der Waals surface area contributed by atoms with E-state index in [2.05, 4.69) is 5.32 Å². The third-order valence-electron chi connectivity index (χ3n) is 4.66. The lowest BCUT2D eigenvalue weighted by Crippen LogP contribution is -2.18. The summed E-state index contributed by atoms with van der Waals surface area (Å²) in [5, 5.41) is 2.08. The third-order valence-corrected chi connectivity index (χ3v) is 4.66. The van der Waals surface area contributed by atoms with E-state index in [0.717, 1.165) is 24.3 Å². The van der Waals surface area contributed by atoms with Gasteiger partial charge in [-0.05, 0) is 60.0 Å². The van der Waals surface area contributed by atoms with Crippen molar-refractivity contribution in [3.63, 3.8) is 0 Å². The molecule has 0 aliphatic heterocycles. The van der Waals surface area contributed by atoms with Gasteiger partial charge in [0.05, 0.1) is 16.8 Å². The van der Waals surface area contributed by atoms with E-state index in [4.69, 9.17) is 0 Å². The van der Waals surface area contributed by atoms with Crippen LogP contribution in [0.1, 0.15) is 32.6 Å². The summed E-state index contributed by atoms with van der Waals surface area (Å²) in [4.78, 5) is 24.6. The zero-order chi connectivity index (χ0) is 23.5. The monoisotopic (exact) mass is 447 g/mol. The molecule has 0 fully saturated rings. The number of Topliss-reactive ketones (excluding diaryl/α,β-unsaturated/α-hetero) is 1. The number of anilines is 1. The Morgan fingerprint density at radius 3 is 2.22 bits per heavy atom. The number of carbonyl (C=O) groups is 2. The molecule has 0 atom stereocenters.